The summed E-state index contributed by atoms with van der Waals surface area (Å²) in [7, 11) is 0. The number of benzene rings is 1. The molecular weight excluding hydrogens is 310 g/mol. The van der Waals surface area contributed by atoms with E-state index in [2.05, 4.69) is 21.2 Å². The molecule has 1 saturated carbocycles. The number of nitrogens with one attached hydrogen (secondary N) is 1. The Bertz CT molecular complexity index is 482. The van der Waals surface area contributed by atoms with Crippen LogP contribution < -0.4 is 5.32 Å². The molecule has 4 nitrogen and oxygen atoms in total. The molecule has 0 heterocycles. The van der Waals surface area contributed by atoms with Crippen molar-refractivity contribution in [2.45, 2.75) is 25.8 Å². The van der Waals surface area contributed by atoms with Crippen LogP contribution in [0.3, 0.4) is 0 Å². The van der Waals surface area contributed by atoms with Crippen LogP contribution in [0.5, 0.6) is 0 Å². The van der Waals surface area contributed by atoms with Gasteiger partial charge in [-0.2, -0.15) is 0 Å². The lowest BCUT2D eigenvalue weighted by atomic mass is 10.0. The SMILES string of the molecule is CC(C(=O)NC(C(=O)O)c1ccc(Br)cc1)C1CC1. The van der Waals surface area contributed by atoms with Gasteiger partial charge < -0.3 is 10.4 Å². The van der Waals surface area contributed by atoms with Crippen molar-refractivity contribution in [1.82, 2.24) is 5.32 Å². The molecule has 1 aliphatic carbocycles. The minimum Gasteiger partial charge on any atom is -0.479 e. The number of carboxylic acids is 1. The maximum atomic E-state index is 12.0. The van der Waals surface area contributed by atoms with Crippen molar-refractivity contribution in [2.24, 2.45) is 11.8 Å². The number of carbonyl (C=O) groups is 2. The number of carboxylic acid groups (broad SMARTS) is 1. The number of amides is 1. The maximum absolute atomic E-state index is 12.0. The van der Waals surface area contributed by atoms with Crippen LogP contribution >= 0.6 is 15.9 Å². The van der Waals surface area contributed by atoms with E-state index in [1.54, 1.807) is 24.3 Å². The summed E-state index contributed by atoms with van der Waals surface area (Å²) in [5, 5.41) is 11.9. The van der Waals surface area contributed by atoms with Crippen molar-refractivity contribution < 1.29 is 14.7 Å². The second-order valence-electron chi connectivity index (χ2n) is 4.96. The van der Waals surface area contributed by atoms with Crippen LogP contribution in [0, 0.1) is 11.8 Å². The molecule has 0 radical (unpaired) electrons. The van der Waals surface area contributed by atoms with Gasteiger partial charge in [0.15, 0.2) is 6.04 Å². The van der Waals surface area contributed by atoms with Gasteiger partial charge in [-0.3, -0.25) is 4.79 Å². The smallest absolute Gasteiger partial charge is 0.330 e. The minimum atomic E-state index is -1.04. The van der Waals surface area contributed by atoms with Gasteiger partial charge in [0.25, 0.3) is 0 Å². The van der Waals surface area contributed by atoms with Crippen molar-refractivity contribution in [3.05, 3.63) is 34.3 Å². The van der Waals surface area contributed by atoms with Crippen LogP contribution in [0.15, 0.2) is 28.7 Å². The summed E-state index contributed by atoms with van der Waals surface area (Å²) in [4.78, 5) is 23.3. The molecule has 0 spiro atoms. The first kappa shape index (κ1) is 14.1. The molecule has 5 heteroatoms. The predicted octanol–water partition coefficient (Wildman–Crippen LogP) is 2.74. The Morgan fingerprint density at radius 1 is 1.32 bits per heavy atom. The van der Waals surface area contributed by atoms with E-state index in [1.165, 1.54) is 0 Å². The average Bonchev–Trinajstić information content (AvgIpc) is 3.20. The summed E-state index contributed by atoms with van der Waals surface area (Å²) in [6.07, 6.45) is 2.12. The molecule has 1 fully saturated rings. The van der Waals surface area contributed by atoms with Gasteiger partial charge in [0.2, 0.25) is 5.91 Å². The quantitative estimate of drug-likeness (QED) is 0.874. The second-order valence-corrected chi connectivity index (χ2v) is 5.87. The van der Waals surface area contributed by atoms with Crippen LogP contribution in [-0.4, -0.2) is 17.0 Å². The number of rotatable bonds is 5. The summed E-state index contributed by atoms with van der Waals surface area (Å²) in [5.74, 6) is -0.923. The lowest BCUT2D eigenvalue weighted by Crippen LogP contribution is -2.37. The van der Waals surface area contributed by atoms with Crippen LogP contribution in [-0.2, 0) is 9.59 Å². The standard InChI is InChI=1S/C14H16BrNO3/c1-8(9-2-3-9)13(17)16-12(14(18)19)10-4-6-11(15)7-5-10/h4-9,12H,2-3H2,1H3,(H,16,17)(H,18,19). The number of halogens is 1. The molecule has 102 valence electrons. The Hall–Kier alpha value is -1.36. The third-order valence-corrected chi connectivity index (χ3v) is 4.01. The van der Waals surface area contributed by atoms with Gasteiger partial charge in [-0.25, -0.2) is 4.79 Å². The molecule has 0 saturated heterocycles. The third-order valence-electron chi connectivity index (χ3n) is 3.48. The summed E-state index contributed by atoms with van der Waals surface area (Å²) in [6.45, 7) is 1.85. The topological polar surface area (TPSA) is 66.4 Å². The molecule has 2 unspecified atom stereocenters. The van der Waals surface area contributed by atoms with Gasteiger partial charge in [-0.1, -0.05) is 35.0 Å². The number of hydrogen-bond acceptors (Lipinski definition) is 2. The zero-order valence-corrected chi connectivity index (χ0v) is 12.2. The Kier molecular flexibility index (Phi) is 4.24. The van der Waals surface area contributed by atoms with Crippen LogP contribution in [0.4, 0.5) is 0 Å². The summed E-state index contributed by atoms with van der Waals surface area (Å²) >= 11 is 3.30. The zero-order chi connectivity index (χ0) is 14.0. The molecule has 0 bridgehead atoms. The average molecular weight is 326 g/mol. The highest BCUT2D eigenvalue weighted by atomic mass is 79.9. The molecular formula is C14H16BrNO3. The Morgan fingerprint density at radius 3 is 2.37 bits per heavy atom. The van der Waals surface area contributed by atoms with Gasteiger partial charge in [-0.15, -0.1) is 0 Å². The first-order valence-corrected chi connectivity index (χ1v) is 7.07. The lowest BCUT2D eigenvalue weighted by Gasteiger charge is -2.18. The summed E-state index contributed by atoms with van der Waals surface area (Å²) in [6, 6.07) is 5.95. The summed E-state index contributed by atoms with van der Waals surface area (Å²) in [5.41, 5.74) is 0.576. The largest absolute Gasteiger partial charge is 0.479 e. The lowest BCUT2D eigenvalue weighted by molar-refractivity contribution is -0.142. The van der Waals surface area contributed by atoms with Crippen LogP contribution in [0.2, 0.25) is 0 Å². The van der Waals surface area contributed by atoms with Crippen molar-refractivity contribution in [1.29, 1.82) is 0 Å². The van der Waals surface area contributed by atoms with Crippen molar-refractivity contribution in [3.8, 4) is 0 Å². The van der Waals surface area contributed by atoms with E-state index < -0.39 is 12.0 Å². The molecule has 1 aromatic carbocycles. The van der Waals surface area contributed by atoms with Crippen LogP contribution in [0.25, 0.3) is 0 Å². The van der Waals surface area contributed by atoms with Crippen molar-refractivity contribution >= 4 is 27.8 Å². The highest BCUT2D eigenvalue weighted by Gasteiger charge is 2.34. The highest BCUT2D eigenvalue weighted by molar-refractivity contribution is 9.10. The van der Waals surface area contributed by atoms with E-state index in [1.807, 2.05) is 6.92 Å². The molecule has 0 aliphatic heterocycles. The molecule has 0 aromatic heterocycles. The molecule has 19 heavy (non-hydrogen) atoms. The fraction of sp³-hybridized carbons (Fsp3) is 0.429. The highest BCUT2D eigenvalue weighted by Crippen LogP contribution is 2.36. The first-order chi connectivity index (χ1) is 8.99. The fourth-order valence-corrected chi connectivity index (χ4v) is 2.29. The normalized spacial score (nSPS) is 17.6. The molecule has 2 atom stereocenters. The summed E-state index contributed by atoms with van der Waals surface area (Å²) < 4.78 is 0.873. The number of carbonyl (C=O) groups excluding carboxylic acids is 1. The van der Waals surface area contributed by atoms with E-state index in [0.717, 1.165) is 17.3 Å². The third kappa shape index (κ3) is 3.56. The first-order valence-electron chi connectivity index (χ1n) is 6.27. The molecule has 2 rings (SSSR count). The molecule has 2 N–H and O–H groups in total. The van der Waals surface area contributed by atoms with Gasteiger partial charge in [0.1, 0.15) is 0 Å². The van der Waals surface area contributed by atoms with Gasteiger partial charge in [-0.05, 0) is 36.5 Å². The molecule has 1 aromatic rings. The fourth-order valence-electron chi connectivity index (χ4n) is 2.03. The van der Waals surface area contributed by atoms with Crippen LogP contribution in [0.1, 0.15) is 31.4 Å². The van der Waals surface area contributed by atoms with E-state index in [4.69, 9.17) is 0 Å². The minimum absolute atomic E-state index is 0.114. The van der Waals surface area contributed by atoms with Crippen molar-refractivity contribution in [2.75, 3.05) is 0 Å². The second kappa shape index (κ2) is 5.74. The number of aliphatic carboxylic acids is 1. The van der Waals surface area contributed by atoms with E-state index in [9.17, 15) is 14.7 Å². The zero-order valence-electron chi connectivity index (χ0n) is 10.6. The van der Waals surface area contributed by atoms with E-state index in [-0.39, 0.29) is 11.8 Å². The Morgan fingerprint density at radius 2 is 1.89 bits per heavy atom. The number of hydrogen-bond donors (Lipinski definition) is 2. The molecule has 1 amide bonds. The molecule has 1 aliphatic rings. The van der Waals surface area contributed by atoms with E-state index in [0.29, 0.717) is 11.5 Å². The van der Waals surface area contributed by atoms with Gasteiger partial charge in [0, 0.05) is 10.4 Å². The van der Waals surface area contributed by atoms with Crippen molar-refractivity contribution in [3.63, 3.8) is 0 Å². The van der Waals surface area contributed by atoms with E-state index >= 15 is 0 Å². The maximum Gasteiger partial charge on any atom is 0.330 e. The van der Waals surface area contributed by atoms with Gasteiger partial charge in [0.05, 0.1) is 0 Å². The van der Waals surface area contributed by atoms with Gasteiger partial charge >= 0.3 is 5.97 Å². The monoisotopic (exact) mass is 325 g/mol. The Labute approximate surface area is 120 Å². The predicted molar refractivity (Wildman–Crippen MR) is 74.5 cm³/mol. The Balaban J connectivity index is 2.09.